The minimum Gasteiger partial charge on any atom is -0.455 e. The van der Waals surface area contributed by atoms with Crippen molar-refractivity contribution >= 4 is 70.1 Å². The van der Waals surface area contributed by atoms with Crippen molar-refractivity contribution in [3.05, 3.63) is 258 Å². The van der Waals surface area contributed by atoms with Crippen LogP contribution in [-0.4, -0.2) is 0 Å². The smallest absolute Gasteiger partial charge is 0.140 e. The van der Waals surface area contributed by atoms with Crippen molar-refractivity contribution in [2.24, 2.45) is 0 Å². The van der Waals surface area contributed by atoms with E-state index in [1.165, 1.54) is 97.7 Å². The van der Waals surface area contributed by atoms with Gasteiger partial charge in [0.05, 0.1) is 5.41 Å². The summed E-state index contributed by atoms with van der Waals surface area (Å²) in [6.07, 6.45) is 0. The predicted octanol–water partition coefficient (Wildman–Crippen LogP) is 18.3. The minimum atomic E-state index is -0.610. The SMILES string of the molecule is CC1(C)c2ccccc2-c2cc(N(c3ccc(-c4cccc5c4-c4ccccc4C54c5ccc6ccccc6c5Oc5c4ccc4ccccc54)cc3)c3ccc4sc5ccccc5c4c3)ccc21. The first kappa shape index (κ1) is 38.8. The van der Waals surface area contributed by atoms with Crippen molar-refractivity contribution in [2.45, 2.75) is 24.7 Å². The van der Waals surface area contributed by atoms with Gasteiger partial charge in [0.2, 0.25) is 0 Å². The molecule has 11 aromatic carbocycles. The van der Waals surface area contributed by atoms with E-state index in [2.05, 4.69) is 243 Å². The van der Waals surface area contributed by atoms with Crippen LogP contribution in [0.25, 0.3) is 75.1 Å². The number of rotatable bonds is 4. The molecule has 3 heteroatoms. The molecule has 2 nitrogen and oxygen atoms in total. The first-order valence-corrected chi connectivity index (χ1v) is 24.8. The van der Waals surface area contributed by atoms with Gasteiger partial charge in [-0.05, 0) is 115 Å². The van der Waals surface area contributed by atoms with Crippen molar-refractivity contribution in [1.82, 2.24) is 0 Å². The van der Waals surface area contributed by atoms with Crippen LogP contribution in [0.4, 0.5) is 17.1 Å². The van der Waals surface area contributed by atoms with Crippen LogP contribution >= 0.6 is 11.3 Å². The third-order valence-corrected chi connectivity index (χ3v) is 16.9. The van der Waals surface area contributed by atoms with Crippen molar-refractivity contribution < 1.29 is 4.74 Å². The standard InChI is InChI=1S/C66H43NOS/c1-65(2)54-22-10-7-18-49(54)52-38-44(32-36-55(52)65)67(45-33-37-61-53(39-45)50-19-9-12-25-60(50)69-61)43-30-26-42(27-31-43)46-21-13-24-57-62(46)51-20-8-11-23-56(51)66(57)58-34-28-40-14-3-5-16-47(40)63(58)68-64-48-17-6-4-15-41(48)29-35-59(64)66/h3-39H,1-2H3. The molecule has 12 aromatic rings. The van der Waals surface area contributed by atoms with Crippen LogP contribution < -0.4 is 9.64 Å². The van der Waals surface area contributed by atoms with Crippen LogP contribution in [0.15, 0.2) is 224 Å². The highest BCUT2D eigenvalue weighted by Gasteiger charge is 2.52. The number of thiophene rings is 1. The van der Waals surface area contributed by atoms with Crippen LogP contribution in [0.2, 0.25) is 0 Å². The van der Waals surface area contributed by atoms with E-state index in [1.54, 1.807) is 0 Å². The average Bonchev–Trinajstić information content (AvgIpc) is 4.00. The number of nitrogens with zero attached hydrogens (tertiary/aromatic N) is 1. The Morgan fingerprint density at radius 3 is 1.65 bits per heavy atom. The highest BCUT2D eigenvalue weighted by atomic mass is 32.1. The molecule has 324 valence electrons. The molecule has 0 unspecified atom stereocenters. The molecule has 0 atom stereocenters. The van der Waals surface area contributed by atoms with Crippen LogP contribution in [0.3, 0.4) is 0 Å². The summed E-state index contributed by atoms with van der Waals surface area (Å²) in [5.74, 6) is 1.86. The van der Waals surface area contributed by atoms with Crippen LogP contribution in [0.1, 0.15) is 47.2 Å². The summed E-state index contributed by atoms with van der Waals surface area (Å²) in [6, 6.07) is 83.7. The second-order valence-corrected chi connectivity index (χ2v) is 20.6. The Labute approximate surface area is 405 Å². The molecule has 0 N–H and O–H groups in total. The molecule has 1 aromatic heterocycles. The number of ether oxygens (including phenoxy) is 1. The molecule has 2 aliphatic carbocycles. The van der Waals surface area contributed by atoms with E-state index in [0.29, 0.717) is 0 Å². The molecule has 0 bridgehead atoms. The van der Waals surface area contributed by atoms with Gasteiger partial charge in [-0.15, -0.1) is 11.3 Å². The summed E-state index contributed by atoms with van der Waals surface area (Å²) in [4.78, 5) is 2.45. The van der Waals surface area contributed by atoms with Crippen LogP contribution in [0.5, 0.6) is 11.5 Å². The maximum atomic E-state index is 7.23. The molecule has 3 aliphatic rings. The Hall–Kier alpha value is -8.24. The fourth-order valence-electron chi connectivity index (χ4n) is 12.6. The fourth-order valence-corrected chi connectivity index (χ4v) is 13.7. The van der Waals surface area contributed by atoms with Crippen LogP contribution in [-0.2, 0) is 10.8 Å². The second kappa shape index (κ2) is 14.1. The van der Waals surface area contributed by atoms with E-state index in [4.69, 9.17) is 4.74 Å². The molecule has 0 fully saturated rings. The average molecular weight is 898 g/mol. The number of fused-ring (bicyclic) bond motifs is 19. The van der Waals surface area contributed by atoms with Crippen molar-refractivity contribution in [3.63, 3.8) is 0 Å². The predicted molar refractivity (Wildman–Crippen MR) is 289 cm³/mol. The normalized spacial score (nSPS) is 14.3. The lowest BCUT2D eigenvalue weighted by molar-refractivity contribution is 0.447. The molecular formula is C66H43NOS. The van der Waals surface area contributed by atoms with Crippen molar-refractivity contribution in [1.29, 1.82) is 0 Å². The van der Waals surface area contributed by atoms with Gasteiger partial charge < -0.3 is 9.64 Å². The Balaban J connectivity index is 0.930. The summed E-state index contributed by atoms with van der Waals surface area (Å²) in [6.45, 7) is 4.71. The molecular weight excluding hydrogens is 855 g/mol. The second-order valence-electron chi connectivity index (χ2n) is 19.5. The summed E-state index contributed by atoms with van der Waals surface area (Å²) < 4.78 is 9.84. The van der Waals surface area contributed by atoms with Gasteiger partial charge in [-0.1, -0.05) is 190 Å². The zero-order chi connectivity index (χ0) is 45.6. The Bertz CT molecular complexity index is 4070. The first-order chi connectivity index (χ1) is 34.0. The zero-order valence-corrected chi connectivity index (χ0v) is 38.9. The van der Waals surface area contributed by atoms with E-state index >= 15 is 0 Å². The largest absolute Gasteiger partial charge is 0.455 e. The number of anilines is 3. The van der Waals surface area contributed by atoms with Gasteiger partial charge in [-0.25, -0.2) is 0 Å². The molecule has 0 radical (unpaired) electrons. The van der Waals surface area contributed by atoms with E-state index in [1.807, 2.05) is 11.3 Å². The van der Waals surface area contributed by atoms with Gasteiger partial charge in [0, 0.05) is 64.5 Å². The monoisotopic (exact) mass is 897 g/mol. The quantitative estimate of drug-likeness (QED) is 0.175. The third-order valence-electron chi connectivity index (χ3n) is 15.7. The van der Waals surface area contributed by atoms with Gasteiger partial charge in [0.25, 0.3) is 0 Å². The topological polar surface area (TPSA) is 12.5 Å². The van der Waals surface area contributed by atoms with Gasteiger partial charge in [-0.3, -0.25) is 0 Å². The summed E-state index contributed by atoms with van der Waals surface area (Å²) >= 11 is 1.86. The molecule has 69 heavy (non-hydrogen) atoms. The fraction of sp³-hybridized carbons (Fsp3) is 0.0606. The Morgan fingerprint density at radius 2 is 0.899 bits per heavy atom. The Kier molecular flexibility index (Phi) is 7.96. The first-order valence-electron chi connectivity index (χ1n) is 24.0. The maximum absolute atomic E-state index is 7.23. The van der Waals surface area contributed by atoms with E-state index < -0.39 is 5.41 Å². The third kappa shape index (κ3) is 5.26. The van der Waals surface area contributed by atoms with E-state index in [0.717, 1.165) is 39.3 Å². The summed E-state index contributed by atoms with van der Waals surface area (Å²) in [7, 11) is 0. The summed E-state index contributed by atoms with van der Waals surface area (Å²) in [5, 5.41) is 7.16. The minimum absolute atomic E-state index is 0.0744. The van der Waals surface area contributed by atoms with Crippen molar-refractivity contribution in [2.75, 3.05) is 4.90 Å². The van der Waals surface area contributed by atoms with Gasteiger partial charge >= 0.3 is 0 Å². The maximum Gasteiger partial charge on any atom is 0.140 e. The van der Waals surface area contributed by atoms with Gasteiger partial charge in [0.15, 0.2) is 0 Å². The van der Waals surface area contributed by atoms with Gasteiger partial charge in [-0.2, -0.15) is 0 Å². The molecule has 0 amide bonds. The molecule has 2 heterocycles. The zero-order valence-electron chi connectivity index (χ0n) is 38.1. The van der Waals surface area contributed by atoms with Crippen LogP contribution in [0, 0.1) is 0 Å². The van der Waals surface area contributed by atoms with Crippen molar-refractivity contribution in [3.8, 4) is 44.9 Å². The van der Waals surface area contributed by atoms with Gasteiger partial charge in [0.1, 0.15) is 11.5 Å². The van der Waals surface area contributed by atoms with E-state index in [-0.39, 0.29) is 5.41 Å². The molecule has 0 saturated carbocycles. The number of benzene rings is 11. The lowest BCUT2D eigenvalue weighted by atomic mass is 9.65. The highest BCUT2D eigenvalue weighted by molar-refractivity contribution is 7.25. The number of hydrogen-bond acceptors (Lipinski definition) is 3. The molecule has 15 rings (SSSR count). The molecule has 1 aliphatic heterocycles. The number of hydrogen-bond donors (Lipinski definition) is 0. The Morgan fingerprint density at radius 1 is 0.362 bits per heavy atom. The lowest BCUT2D eigenvalue weighted by Gasteiger charge is -2.40. The highest BCUT2D eigenvalue weighted by Crippen LogP contribution is 2.65. The lowest BCUT2D eigenvalue weighted by Crippen LogP contribution is -2.32. The summed E-state index contributed by atoms with van der Waals surface area (Å²) in [5.41, 5.74) is 17.9. The molecule has 1 spiro atoms. The van der Waals surface area contributed by atoms with E-state index in [9.17, 15) is 0 Å². The molecule has 0 saturated heterocycles.